The second kappa shape index (κ2) is 6.94. The van der Waals surface area contributed by atoms with Crippen LogP contribution in [0.2, 0.25) is 0 Å². The molecule has 2 fully saturated rings. The number of hydrogen-bond donors (Lipinski definition) is 2. The molecule has 0 bridgehead atoms. The number of urea groups is 1. The Bertz CT molecular complexity index is 528. The minimum atomic E-state index is -0.607. The van der Waals surface area contributed by atoms with E-state index in [1.807, 2.05) is 47.4 Å². The van der Waals surface area contributed by atoms with Gasteiger partial charge in [0.15, 0.2) is 0 Å². The van der Waals surface area contributed by atoms with Crippen LogP contribution in [0.15, 0.2) is 36.4 Å². The molecule has 1 saturated carbocycles. The molecule has 22 heavy (non-hydrogen) atoms. The first-order chi connectivity index (χ1) is 10.7. The summed E-state index contributed by atoms with van der Waals surface area (Å²) in [6.45, 7) is 1.25. The molecule has 118 valence electrons. The Morgan fingerprint density at radius 1 is 1.32 bits per heavy atom. The third-order valence-electron chi connectivity index (χ3n) is 4.02. The van der Waals surface area contributed by atoms with E-state index < -0.39 is 6.10 Å². The maximum absolute atomic E-state index is 12.4. The monoisotopic (exact) mass is 302 g/mol. The third kappa shape index (κ3) is 3.87. The fraction of sp³-hybridized carbons (Fsp3) is 0.471. The molecular formula is C17H22N2O3. The average Bonchev–Trinajstić information content (AvgIpc) is 3.29. The molecule has 5 nitrogen and oxygen atoms in total. The van der Waals surface area contributed by atoms with Crippen LogP contribution in [0.5, 0.6) is 0 Å². The molecule has 1 saturated heterocycles. The highest BCUT2D eigenvalue weighted by atomic mass is 16.5. The van der Waals surface area contributed by atoms with E-state index in [9.17, 15) is 9.90 Å². The molecule has 5 heteroatoms. The van der Waals surface area contributed by atoms with Crippen LogP contribution in [-0.2, 0) is 4.74 Å². The van der Waals surface area contributed by atoms with Gasteiger partial charge in [0.25, 0.3) is 0 Å². The van der Waals surface area contributed by atoms with E-state index in [0.717, 1.165) is 18.4 Å². The summed E-state index contributed by atoms with van der Waals surface area (Å²) >= 11 is 0. The summed E-state index contributed by atoms with van der Waals surface area (Å²) in [7, 11) is 0. The topological polar surface area (TPSA) is 61.8 Å². The average molecular weight is 302 g/mol. The number of benzene rings is 1. The molecule has 2 N–H and O–H groups in total. The maximum Gasteiger partial charge on any atom is 0.318 e. The van der Waals surface area contributed by atoms with Crippen LogP contribution in [0.1, 0.15) is 18.4 Å². The minimum Gasteiger partial charge on any atom is -0.388 e. The quantitative estimate of drug-likeness (QED) is 0.869. The zero-order valence-corrected chi connectivity index (χ0v) is 12.5. The van der Waals surface area contributed by atoms with Gasteiger partial charge in [-0.1, -0.05) is 42.5 Å². The molecule has 0 radical (unpaired) electrons. The fourth-order valence-corrected chi connectivity index (χ4v) is 2.57. The van der Waals surface area contributed by atoms with Gasteiger partial charge in [-0.15, -0.1) is 0 Å². The molecule has 1 aromatic carbocycles. The first kappa shape index (κ1) is 15.1. The number of ether oxygens (including phenoxy) is 1. The van der Waals surface area contributed by atoms with Crippen LogP contribution in [0.25, 0.3) is 6.08 Å². The van der Waals surface area contributed by atoms with Crippen molar-refractivity contribution in [2.45, 2.75) is 31.0 Å². The van der Waals surface area contributed by atoms with Gasteiger partial charge in [0.05, 0.1) is 25.4 Å². The summed E-state index contributed by atoms with van der Waals surface area (Å²) in [6.07, 6.45) is 5.53. The number of nitrogens with one attached hydrogen (secondary N) is 1. The molecule has 0 unspecified atom stereocenters. The van der Waals surface area contributed by atoms with Crippen molar-refractivity contribution in [1.29, 1.82) is 0 Å². The van der Waals surface area contributed by atoms with E-state index in [0.29, 0.717) is 25.8 Å². The van der Waals surface area contributed by atoms with E-state index in [1.54, 1.807) is 0 Å². The molecular weight excluding hydrogens is 280 g/mol. The van der Waals surface area contributed by atoms with Gasteiger partial charge >= 0.3 is 6.03 Å². The fourth-order valence-electron chi connectivity index (χ4n) is 2.57. The Hall–Kier alpha value is -1.85. The van der Waals surface area contributed by atoms with Gasteiger partial charge < -0.3 is 20.1 Å². The number of rotatable bonds is 5. The maximum atomic E-state index is 12.4. The van der Waals surface area contributed by atoms with Crippen molar-refractivity contribution < 1.29 is 14.6 Å². The molecule has 1 aliphatic carbocycles. The van der Waals surface area contributed by atoms with Crippen molar-refractivity contribution in [1.82, 2.24) is 10.2 Å². The van der Waals surface area contributed by atoms with E-state index in [1.165, 1.54) is 0 Å². The summed E-state index contributed by atoms with van der Waals surface area (Å²) in [5, 5.41) is 12.6. The van der Waals surface area contributed by atoms with Crippen LogP contribution in [0.3, 0.4) is 0 Å². The van der Waals surface area contributed by atoms with E-state index in [2.05, 4.69) is 5.32 Å². The number of aliphatic hydroxyl groups excluding tert-OH is 1. The number of amides is 2. The Kier molecular flexibility index (Phi) is 4.75. The lowest BCUT2D eigenvalue weighted by molar-refractivity contribution is 0.121. The minimum absolute atomic E-state index is 0.116. The first-order valence-corrected chi connectivity index (χ1v) is 7.78. The van der Waals surface area contributed by atoms with Crippen molar-refractivity contribution in [3.05, 3.63) is 42.0 Å². The van der Waals surface area contributed by atoms with Crippen molar-refractivity contribution >= 4 is 12.1 Å². The number of carbonyl (C=O) groups is 1. The smallest absolute Gasteiger partial charge is 0.318 e. The highest BCUT2D eigenvalue weighted by Crippen LogP contribution is 2.27. The Morgan fingerprint density at radius 3 is 2.73 bits per heavy atom. The molecule has 1 aliphatic heterocycles. The van der Waals surface area contributed by atoms with E-state index in [4.69, 9.17) is 4.74 Å². The molecule has 0 spiro atoms. The lowest BCUT2D eigenvalue weighted by Crippen LogP contribution is -2.49. The highest BCUT2D eigenvalue weighted by Gasteiger charge is 2.35. The molecule has 2 amide bonds. The van der Waals surface area contributed by atoms with Crippen molar-refractivity contribution in [3.8, 4) is 0 Å². The lowest BCUT2D eigenvalue weighted by atomic mass is 10.2. The van der Waals surface area contributed by atoms with Crippen LogP contribution in [0.4, 0.5) is 4.79 Å². The summed E-state index contributed by atoms with van der Waals surface area (Å²) in [4.78, 5) is 14.2. The standard InChI is InChI=1S/C17H22N2O3/c20-16-12-22-11-15(16)18-17(21)19(14-8-9-14)10-4-7-13-5-2-1-3-6-13/h1-7,14-16,20H,8-12H2,(H,18,21)/b7-4+/t15-,16-/m0/s1. The van der Waals surface area contributed by atoms with Crippen molar-refractivity contribution in [3.63, 3.8) is 0 Å². The largest absolute Gasteiger partial charge is 0.388 e. The molecule has 1 aromatic rings. The normalized spacial score (nSPS) is 24.6. The number of nitrogens with zero attached hydrogens (tertiary/aromatic N) is 1. The summed E-state index contributed by atoms with van der Waals surface area (Å²) in [5.41, 5.74) is 1.12. The molecule has 1 heterocycles. The Labute approximate surface area is 130 Å². The van der Waals surface area contributed by atoms with Crippen LogP contribution in [-0.4, -0.2) is 54.0 Å². The second-order valence-electron chi connectivity index (χ2n) is 5.86. The molecule has 2 aliphatic rings. The predicted octanol–water partition coefficient (Wildman–Crippen LogP) is 1.63. The summed E-state index contributed by atoms with van der Waals surface area (Å²) in [6, 6.07) is 9.94. The van der Waals surface area contributed by atoms with Gasteiger partial charge in [-0.3, -0.25) is 0 Å². The third-order valence-corrected chi connectivity index (χ3v) is 4.02. The Morgan fingerprint density at radius 2 is 2.09 bits per heavy atom. The van der Waals surface area contributed by atoms with Crippen LogP contribution in [0, 0.1) is 0 Å². The van der Waals surface area contributed by atoms with Crippen LogP contribution < -0.4 is 5.32 Å². The van der Waals surface area contributed by atoms with Gasteiger partial charge in [-0.25, -0.2) is 4.79 Å². The van der Waals surface area contributed by atoms with Gasteiger partial charge in [-0.05, 0) is 18.4 Å². The number of hydrogen-bond acceptors (Lipinski definition) is 3. The van der Waals surface area contributed by atoms with Crippen molar-refractivity contribution in [2.75, 3.05) is 19.8 Å². The van der Waals surface area contributed by atoms with Gasteiger partial charge in [0.1, 0.15) is 0 Å². The zero-order chi connectivity index (χ0) is 15.4. The molecule has 3 rings (SSSR count). The van der Waals surface area contributed by atoms with Crippen molar-refractivity contribution in [2.24, 2.45) is 0 Å². The van der Waals surface area contributed by atoms with Gasteiger partial charge in [-0.2, -0.15) is 0 Å². The molecule has 0 aromatic heterocycles. The highest BCUT2D eigenvalue weighted by molar-refractivity contribution is 5.75. The second-order valence-corrected chi connectivity index (χ2v) is 5.86. The van der Waals surface area contributed by atoms with Gasteiger partial charge in [0.2, 0.25) is 0 Å². The van der Waals surface area contributed by atoms with E-state index in [-0.39, 0.29) is 12.1 Å². The molecule has 2 atom stereocenters. The van der Waals surface area contributed by atoms with Gasteiger partial charge in [0, 0.05) is 12.6 Å². The number of carbonyl (C=O) groups excluding carboxylic acids is 1. The first-order valence-electron chi connectivity index (χ1n) is 7.78. The SMILES string of the molecule is O=C(N[C@H]1COC[C@@H]1O)N(C/C=C/c1ccccc1)C1CC1. The zero-order valence-electron chi connectivity index (χ0n) is 12.5. The predicted molar refractivity (Wildman–Crippen MR) is 84.3 cm³/mol. The Balaban J connectivity index is 1.56. The summed E-state index contributed by atoms with van der Waals surface area (Å²) in [5.74, 6) is 0. The number of aliphatic hydroxyl groups is 1. The summed E-state index contributed by atoms with van der Waals surface area (Å²) < 4.78 is 5.17. The lowest BCUT2D eigenvalue weighted by Gasteiger charge is -2.24. The van der Waals surface area contributed by atoms with Crippen LogP contribution >= 0.6 is 0 Å². The van der Waals surface area contributed by atoms with E-state index >= 15 is 0 Å².